The highest BCUT2D eigenvalue weighted by molar-refractivity contribution is 5.43. The molecule has 1 saturated heterocycles. The summed E-state index contributed by atoms with van der Waals surface area (Å²) in [4.78, 5) is 7.21. The van der Waals surface area contributed by atoms with Gasteiger partial charge in [0.2, 0.25) is 0 Å². The van der Waals surface area contributed by atoms with Gasteiger partial charge in [0, 0.05) is 18.8 Å². The van der Waals surface area contributed by atoms with Crippen LogP contribution in [0, 0.1) is 6.92 Å². The van der Waals surface area contributed by atoms with Crippen LogP contribution >= 0.6 is 0 Å². The van der Waals surface area contributed by atoms with E-state index in [0.717, 1.165) is 44.2 Å². The molecule has 0 saturated carbocycles. The van der Waals surface area contributed by atoms with Gasteiger partial charge in [0.25, 0.3) is 0 Å². The van der Waals surface area contributed by atoms with Crippen LogP contribution < -0.4 is 10.2 Å². The average molecular weight is 277 g/mol. The van der Waals surface area contributed by atoms with E-state index in [1.165, 1.54) is 5.56 Å². The summed E-state index contributed by atoms with van der Waals surface area (Å²) >= 11 is 0. The van der Waals surface area contributed by atoms with Gasteiger partial charge in [-0.1, -0.05) is 19.9 Å². The molecule has 1 aromatic heterocycles. The highest BCUT2D eigenvalue weighted by Crippen LogP contribution is 2.23. The second-order valence-electron chi connectivity index (χ2n) is 5.55. The standard InChI is InChI=1S/C16H27N3O/c1-5-15-11-20-12(3)10-19(15)16-8-7-14(9-17-6-2)13(4)18-16/h7-8,12,15,17H,5-6,9-11H2,1-4H3. The molecule has 1 fully saturated rings. The lowest BCUT2D eigenvalue weighted by atomic mass is 10.1. The van der Waals surface area contributed by atoms with E-state index in [0.29, 0.717) is 6.04 Å². The fourth-order valence-corrected chi connectivity index (χ4v) is 2.65. The molecule has 0 amide bonds. The molecule has 2 heterocycles. The van der Waals surface area contributed by atoms with Crippen molar-refractivity contribution in [3.63, 3.8) is 0 Å². The summed E-state index contributed by atoms with van der Waals surface area (Å²) in [5.41, 5.74) is 2.41. The molecule has 112 valence electrons. The van der Waals surface area contributed by atoms with E-state index in [1.807, 2.05) is 0 Å². The van der Waals surface area contributed by atoms with Crippen molar-refractivity contribution in [1.82, 2.24) is 10.3 Å². The molecule has 2 rings (SSSR count). The van der Waals surface area contributed by atoms with Crippen molar-refractivity contribution in [2.75, 3.05) is 24.6 Å². The van der Waals surface area contributed by atoms with E-state index in [9.17, 15) is 0 Å². The molecule has 1 aliphatic heterocycles. The highest BCUT2D eigenvalue weighted by Gasteiger charge is 2.26. The van der Waals surface area contributed by atoms with E-state index in [2.05, 4.69) is 50.0 Å². The number of anilines is 1. The van der Waals surface area contributed by atoms with E-state index >= 15 is 0 Å². The second-order valence-corrected chi connectivity index (χ2v) is 5.55. The van der Waals surface area contributed by atoms with Gasteiger partial charge in [-0.05, 0) is 38.4 Å². The lowest BCUT2D eigenvalue weighted by molar-refractivity contribution is 0.0296. The molecule has 1 aliphatic rings. The predicted molar refractivity (Wildman–Crippen MR) is 83.2 cm³/mol. The molecular weight excluding hydrogens is 250 g/mol. The molecular formula is C16H27N3O. The Morgan fingerprint density at radius 1 is 1.40 bits per heavy atom. The van der Waals surface area contributed by atoms with Crippen LogP contribution in [0.1, 0.15) is 38.4 Å². The van der Waals surface area contributed by atoms with Gasteiger partial charge < -0.3 is 15.0 Å². The zero-order chi connectivity index (χ0) is 14.5. The highest BCUT2D eigenvalue weighted by atomic mass is 16.5. The van der Waals surface area contributed by atoms with Gasteiger partial charge in [-0.3, -0.25) is 0 Å². The Bertz CT molecular complexity index is 436. The van der Waals surface area contributed by atoms with Crippen LogP contribution in [0.5, 0.6) is 0 Å². The Hall–Kier alpha value is -1.13. The maximum Gasteiger partial charge on any atom is 0.129 e. The van der Waals surface area contributed by atoms with Crippen LogP contribution in [0.4, 0.5) is 5.82 Å². The summed E-state index contributed by atoms with van der Waals surface area (Å²) in [7, 11) is 0. The van der Waals surface area contributed by atoms with E-state index in [4.69, 9.17) is 9.72 Å². The number of rotatable bonds is 5. The Morgan fingerprint density at radius 2 is 2.20 bits per heavy atom. The molecule has 2 atom stereocenters. The fraction of sp³-hybridized carbons (Fsp3) is 0.688. The van der Waals surface area contributed by atoms with Crippen molar-refractivity contribution >= 4 is 5.82 Å². The first-order valence-corrected chi connectivity index (χ1v) is 7.71. The number of hydrogen-bond acceptors (Lipinski definition) is 4. The van der Waals surface area contributed by atoms with Gasteiger partial charge >= 0.3 is 0 Å². The molecule has 0 aromatic carbocycles. The van der Waals surface area contributed by atoms with Crippen LogP contribution in [-0.4, -0.2) is 36.8 Å². The van der Waals surface area contributed by atoms with Gasteiger partial charge in [-0.25, -0.2) is 4.98 Å². The third-order valence-electron chi connectivity index (χ3n) is 3.98. The maximum atomic E-state index is 5.76. The second kappa shape index (κ2) is 7.04. The first-order valence-electron chi connectivity index (χ1n) is 7.71. The summed E-state index contributed by atoms with van der Waals surface area (Å²) in [6.07, 6.45) is 1.37. The number of ether oxygens (including phenoxy) is 1. The molecule has 2 unspecified atom stereocenters. The molecule has 1 aromatic rings. The average Bonchev–Trinajstić information content (AvgIpc) is 2.46. The molecule has 1 N–H and O–H groups in total. The third kappa shape index (κ3) is 3.49. The largest absolute Gasteiger partial charge is 0.375 e. The SMILES string of the molecule is CCNCc1ccc(N2CC(C)OCC2CC)nc1C. The lowest BCUT2D eigenvalue weighted by Crippen LogP contribution is -2.49. The molecule has 0 spiro atoms. The number of aryl methyl sites for hydroxylation is 1. The van der Waals surface area contributed by atoms with Crippen LogP contribution in [0.15, 0.2) is 12.1 Å². The Kier molecular flexibility index (Phi) is 5.38. The van der Waals surface area contributed by atoms with E-state index in [-0.39, 0.29) is 6.10 Å². The zero-order valence-corrected chi connectivity index (χ0v) is 13.1. The van der Waals surface area contributed by atoms with Crippen molar-refractivity contribution in [3.8, 4) is 0 Å². The minimum absolute atomic E-state index is 0.279. The van der Waals surface area contributed by atoms with Gasteiger partial charge in [0.1, 0.15) is 5.82 Å². The minimum atomic E-state index is 0.279. The zero-order valence-electron chi connectivity index (χ0n) is 13.1. The van der Waals surface area contributed by atoms with Crippen LogP contribution in [-0.2, 0) is 11.3 Å². The smallest absolute Gasteiger partial charge is 0.129 e. The first kappa shape index (κ1) is 15.3. The Morgan fingerprint density at radius 3 is 2.85 bits per heavy atom. The number of pyridine rings is 1. The van der Waals surface area contributed by atoms with Gasteiger partial charge in [-0.15, -0.1) is 0 Å². The number of hydrogen-bond donors (Lipinski definition) is 1. The third-order valence-corrected chi connectivity index (χ3v) is 3.98. The van der Waals surface area contributed by atoms with Gasteiger partial charge in [0.05, 0.1) is 18.8 Å². The van der Waals surface area contributed by atoms with Gasteiger partial charge in [0.15, 0.2) is 0 Å². The summed E-state index contributed by atoms with van der Waals surface area (Å²) in [5.74, 6) is 1.09. The van der Waals surface area contributed by atoms with Crippen molar-refractivity contribution in [2.24, 2.45) is 0 Å². The Balaban J connectivity index is 2.16. The normalized spacial score (nSPS) is 23.1. The number of morpholine rings is 1. The molecule has 0 aliphatic carbocycles. The molecule has 20 heavy (non-hydrogen) atoms. The van der Waals surface area contributed by atoms with Crippen LogP contribution in [0.25, 0.3) is 0 Å². The van der Waals surface area contributed by atoms with E-state index < -0.39 is 0 Å². The minimum Gasteiger partial charge on any atom is -0.375 e. The van der Waals surface area contributed by atoms with Crippen LogP contribution in [0.2, 0.25) is 0 Å². The summed E-state index contributed by atoms with van der Waals surface area (Å²) < 4.78 is 5.76. The van der Waals surface area contributed by atoms with Crippen LogP contribution in [0.3, 0.4) is 0 Å². The summed E-state index contributed by atoms with van der Waals surface area (Å²) in [6, 6.07) is 4.80. The van der Waals surface area contributed by atoms with Gasteiger partial charge in [-0.2, -0.15) is 0 Å². The lowest BCUT2D eigenvalue weighted by Gasteiger charge is -2.39. The number of nitrogens with one attached hydrogen (secondary N) is 1. The first-order chi connectivity index (χ1) is 9.65. The summed E-state index contributed by atoms with van der Waals surface area (Å²) in [5, 5.41) is 3.36. The quantitative estimate of drug-likeness (QED) is 0.897. The van der Waals surface area contributed by atoms with Crippen molar-refractivity contribution < 1.29 is 4.74 Å². The molecule has 4 nitrogen and oxygen atoms in total. The Labute approximate surface area is 122 Å². The fourth-order valence-electron chi connectivity index (χ4n) is 2.65. The molecule has 4 heteroatoms. The summed E-state index contributed by atoms with van der Waals surface area (Å²) in [6.45, 7) is 12.2. The number of aromatic nitrogens is 1. The topological polar surface area (TPSA) is 37.4 Å². The predicted octanol–water partition coefficient (Wildman–Crippen LogP) is 2.50. The number of nitrogens with zero attached hydrogens (tertiary/aromatic N) is 2. The molecule has 0 radical (unpaired) electrons. The van der Waals surface area contributed by atoms with E-state index in [1.54, 1.807) is 0 Å². The monoisotopic (exact) mass is 277 g/mol. The van der Waals surface area contributed by atoms with Crippen molar-refractivity contribution in [3.05, 3.63) is 23.4 Å². The van der Waals surface area contributed by atoms with Crippen molar-refractivity contribution in [2.45, 2.75) is 52.8 Å². The molecule has 0 bridgehead atoms. The van der Waals surface area contributed by atoms with Crippen molar-refractivity contribution in [1.29, 1.82) is 0 Å². The maximum absolute atomic E-state index is 5.76.